The molecule has 0 unspecified atom stereocenters. The van der Waals surface area contributed by atoms with Gasteiger partial charge in [-0.25, -0.2) is 0 Å². The largest absolute Gasteiger partial charge is 0.506 e. The summed E-state index contributed by atoms with van der Waals surface area (Å²) in [6.45, 7) is 0. The van der Waals surface area contributed by atoms with Crippen LogP contribution in [0.25, 0.3) is 0 Å². The first-order chi connectivity index (χ1) is 8.04. The zero-order valence-corrected chi connectivity index (χ0v) is 12.4. The molecule has 3 nitrogen and oxygen atoms in total. The summed E-state index contributed by atoms with van der Waals surface area (Å²) in [6, 6.07) is 4.56. The summed E-state index contributed by atoms with van der Waals surface area (Å²) in [5.74, 6) is -0.619. The summed E-state index contributed by atoms with van der Waals surface area (Å²) < 4.78 is 4.21. The molecular formula is C9H5B4Br2NO2. The van der Waals surface area contributed by atoms with Gasteiger partial charge in [0.2, 0.25) is 0 Å². The van der Waals surface area contributed by atoms with Crippen LogP contribution in [0, 0.1) is 0 Å². The highest BCUT2D eigenvalue weighted by atomic mass is 79.9. The third-order valence-electron chi connectivity index (χ3n) is 2.08. The molecule has 1 aromatic carbocycles. The van der Waals surface area contributed by atoms with E-state index < -0.39 is 15.4 Å². The maximum absolute atomic E-state index is 11.3. The predicted octanol–water partition coefficient (Wildman–Crippen LogP) is 0.303. The van der Waals surface area contributed by atoms with Crippen molar-refractivity contribution in [2.45, 2.75) is 9.52 Å². The van der Waals surface area contributed by atoms with Crippen molar-refractivity contribution in [3.63, 3.8) is 0 Å². The van der Waals surface area contributed by atoms with Crippen LogP contribution in [-0.4, -0.2) is 46.8 Å². The molecule has 2 N–H and O–H groups in total. The van der Waals surface area contributed by atoms with E-state index in [1.54, 1.807) is 6.07 Å². The number of nitrogens with two attached hydrogens (primary N) is 1. The number of halogens is 2. The summed E-state index contributed by atoms with van der Waals surface area (Å²) in [5.41, 5.74) is 5.31. The molecular weight excluding hydrogens is 357 g/mol. The van der Waals surface area contributed by atoms with Gasteiger partial charge in [0.05, 0.1) is 21.3 Å². The van der Waals surface area contributed by atoms with Crippen LogP contribution in [0.15, 0.2) is 22.7 Å². The molecule has 1 aromatic rings. The topological polar surface area (TPSA) is 52.3 Å². The Morgan fingerprint density at radius 2 is 1.83 bits per heavy atom. The standard InChI is InChI=1S/C9H5B4Br2NO2/c10-8(11,15)9(12,13)18-6-2-1-4(14)3-5(6)7(16)17/h1-3H,(H2,16,17). The second-order valence-electron chi connectivity index (χ2n) is 3.67. The van der Waals surface area contributed by atoms with E-state index in [1.807, 2.05) is 0 Å². The first kappa shape index (κ1) is 15.8. The number of benzene rings is 1. The van der Waals surface area contributed by atoms with Crippen molar-refractivity contribution in [2.24, 2.45) is 5.73 Å². The van der Waals surface area contributed by atoms with E-state index in [4.69, 9.17) is 41.9 Å². The minimum absolute atomic E-state index is 0.0791. The maximum Gasteiger partial charge on any atom is 0.252 e. The molecule has 0 aliphatic rings. The van der Waals surface area contributed by atoms with Crippen molar-refractivity contribution >= 4 is 69.2 Å². The van der Waals surface area contributed by atoms with Gasteiger partial charge >= 0.3 is 0 Å². The molecule has 0 spiro atoms. The molecule has 0 bridgehead atoms. The number of ether oxygens (including phenoxy) is 1. The molecule has 0 heterocycles. The van der Waals surface area contributed by atoms with Gasteiger partial charge in [0.25, 0.3) is 5.91 Å². The van der Waals surface area contributed by atoms with Crippen LogP contribution in [0.4, 0.5) is 0 Å². The van der Waals surface area contributed by atoms with Crippen molar-refractivity contribution in [2.75, 3.05) is 0 Å². The van der Waals surface area contributed by atoms with Gasteiger partial charge in [-0.2, -0.15) is 0 Å². The van der Waals surface area contributed by atoms with E-state index in [2.05, 4.69) is 31.9 Å². The van der Waals surface area contributed by atoms with Crippen molar-refractivity contribution in [1.82, 2.24) is 0 Å². The van der Waals surface area contributed by atoms with Crippen LogP contribution >= 0.6 is 31.9 Å². The molecule has 0 aliphatic carbocycles. The smallest absolute Gasteiger partial charge is 0.252 e. The molecule has 0 atom stereocenters. The fraction of sp³-hybridized carbons (Fsp3) is 0.222. The molecule has 0 aromatic heterocycles. The molecule has 84 valence electrons. The average Bonchev–Trinajstić information content (AvgIpc) is 2.18. The van der Waals surface area contributed by atoms with Crippen molar-refractivity contribution in [3.8, 4) is 5.75 Å². The third-order valence-corrected chi connectivity index (χ3v) is 3.20. The van der Waals surface area contributed by atoms with Gasteiger partial charge in [0, 0.05) is 9.87 Å². The monoisotopic (exact) mass is 361 g/mol. The maximum atomic E-state index is 11.3. The Morgan fingerprint density at radius 3 is 2.28 bits per heavy atom. The molecule has 0 aliphatic heterocycles. The van der Waals surface area contributed by atoms with Gasteiger partial charge in [0.1, 0.15) is 21.4 Å². The molecule has 0 fully saturated rings. The van der Waals surface area contributed by atoms with E-state index >= 15 is 0 Å². The Hall–Kier alpha value is -0.290. The van der Waals surface area contributed by atoms with Crippen LogP contribution in [0.5, 0.6) is 5.75 Å². The number of alkyl halides is 1. The molecule has 1 rings (SSSR count). The van der Waals surface area contributed by atoms with E-state index in [-0.39, 0.29) is 11.3 Å². The highest BCUT2D eigenvalue weighted by molar-refractivity contribution is 9.11. The third kappa shape index (κ3) is 3.60. The molecule has 1 amide bonds. The molecule has 18 heavy (non-hydrogen) atoms. The minimum Gasteiger partial charge on any atom is -0.506 e. The Morgan fingerprint density at radius 1 is 1.28 bits per heavy atom. The van der Waals surface area contributed by atoms with Crippen molar-refractivity contribution in [1.29, 1.82) is 0 Å². The number of carbonyl (C=O) groups is 1. The lowest BCUT2D eigenvalue weighted by Crippen LogP contribution is -2.56. The minimum atomic E-state index is -1.94. The second kappa shape index (κ2) is 5.37. The lowest BCUT2D eigenvalue weighted by Gasteiger charge is -2.40. The van der Waals surface area contributed by atoms with Gasteiger partial charge in [-0.05, 0) is 22.3 Å². The van der Waals surface area contributed by atoms with E-state index in [0.717, 1.165) is 0 Å². The van der Waals surface area contributed by atoms with Crippen molar-refractivity contribution in [3.05, 3.63) is 28.2 Å². The molecule has 0 saturated carbocycles. The zero-order valence-electron chi connectivity index (χ0n) is 9.19. The quantitative estimate of drug-likeness (QED) is 0.619. The van der Waals surface area contributed by atoms with E-state index in [9.17, 15) is 4.79 Å². The van der Waals surface area contributed by atoms with Crippen LogP contribution in [0.3, 0.4) is 0 Å². The zero-order chi connectivity index (χ0) is 14.1. The fourth-order valence-electron chi connectivity index (χ4n) is 1.04. The number of hydrogen-bond acceptors (Lipinski definition) is 2. The first-order valence-electron chi connectivity index (χ1n) is 4.67. The Kier molecular flexibility index (Phi) is 4.70. The van der Waals surface area contributed by atoms with Crippen LogP contribution < -0.4 is 10.5 Å². The molecule has 8 radical (unpaired) electrons. The lowest BCUT2D eigenvalue weighted by atomic mass is 9.45. The van der Waals surface area contributed by atoms with E-state index in [0.29, 0.717) is 4.47 Å². The SMILES string of the molecule is [B]C([B])(Br)C([B])([B])Oc1ccc(Br)cc1C(N)=O. The highest BCUT2D eigenvalue weighted by Gasteiger charge is 2.35. The highest BCUT2D eigenvalue weighted by Crippen LogP contribution is 2.30. The normalized spacial score (nSPS) is 12.1. The van der Waals surface area contributed by atoms with Gasteiger partial charge in [-0.15, -0.1) is 15.9 Å². The second-order valence-corrected chi connectivity index (χ2v) is 5.90. The van der Waals surface area contributed by atoms with Gasteiger partial charge in [-0.3, -0.25) is 4.79 Å². The number of rotatable bonds is 4. The fourth-order valence-corrected chi connectivity index (χ4v) is 1.49. The van der Waals surface area contributed by atoms with Crippen LogP contribution in [0.2, 0.25) is 0 Å². The summed E-state index contributed by atoms with van der Waals surface area (Å²) in [4.78, 5) is 11.3. The number of amides is 1. The Balaban J connectivity index is 3.16. The predicted molar refractivity (Wildman–Crippen MR) is 80.7 cm³/mol. The van der Waals surface area contributed by atoms with Crippen molar-refractivity contribution < 1.29 is 9.53 Å². The molecule has 9 heteroatoms. The number of primary amides is 1. The average molecular weight is 362 g/mol. The lowest BCUT2D eigenvalue weighted by molar-refractivity contribution is 0.0994. The summed E-state index contributed by atoms with van der Waals surface area (Å²) >= 11 is 6.09. The number of hydrogen-bond donors (Lipinski definition) is 1. The summed E-state index contributed by atoms with van der Waals surface area (Å²) in [6.07, 6.45) is 0. The van der Waals surface area contributed by atoms with Gasteiger partial charge in [0.15, 0.2) is 0 Å². The number of carbonyl (C=O) groups excluding carboxylic acids is 1. The Bertz CT molecular complexity index is 476. The molecule has 0 saturated heterocycles. The van der Waals surface area contributed by atoms with Crippen LogP contribution in [-0.2, 0) is 0 Å². The first-order valence-corrected chi connectivity index (χ1v) is 6.26. The van der Waals surface area contributed by atoms with Gasteiger partial charge in [-0.1, -0.05) is 15.9 Å². The summed E-state index contributed by atoms with van der Waals surface area (Å²) in [7, 11) is 22.3. The van der Waals surface area contributed by atoms with Crippen LogP contribution in [0.1, 0.15) is 10.4 Å². The van der Waals surface area contributed by atoms with E-state index in [1.165, 1.54) is 12.1 Å². The summed E-state index contributed by atoms with van der Waals surface area (Å²) in [5, 5.41) is -1.94. The van der Waals surface area contributed by atoms with Gasteiger partial charge < -0.3 is 10.5 Å². The Labute approximate surface area is 127 Å².